The van der Waals surface area contributed by atoms with Crippen LogP contribution in [0.25, 0.3) is 0 Å². The lowest BCUT2D eigenvalue weighted by Crippen LogP contribution is -2.36. The molecule has 3 rings (SSSR count). The number of anilines is 1. The number of rotatable bonds is 5. The van der Waals surface area contributed by atoms with Gasteiger partial charge in [0, 0.05) is 25.8 Å². The molecule has 1 aliphatic heterocycles. The van der Waals surface area contributed by atoms with Gasteiger partial charge < -0.3 is 10.6 Å². The number of aryl methyl sites for hydroxylation is 1. The van der Waals surface area contributed by atoms with E-state index in [0.717, 1.165) is 31.7 Å². The highest BCUT2D eigenvalue weighted by atomic mass is 16.2. The highest BCUT2D eigenvalue weighted by molar-refractivity contribution is 5.89. The Labute approximate surface area is 156 Å². The van der Waals surface area contributed by atoms with Crippen molar-refractivity contribution in [3.05, 3.63) is 65.2 Å². The van der Waals surface area contributed by atoms with Gasteiger partial charge >= 0.3 is 6.03 Å². The Morgan fingerprint density at radius 2 is 2.00 bits per heavy atom. The van der Waals surface area contributed by atoms with Gasteiger partial charge in [0.15, 0.2) is 0 Å². The summed E-state index contributed by atoms with van der Waals surface area (Å²) < 4.78 is 0. The lowest BCUT2D eigenvalue weighted by molar-refractivity contribution is 0.167. The molecule has 2 amide bonds. The van der Waals surface area contributed by atoms with Crippen LogP contribution in [0.5, 0.6) is 0 Å². The molecule has 1 unspecified atom stereocenters. The molecule has 0 aliphatic carbocycles. The molecule has 4 heteroatoms. The van der Waals surface area contributed by atoms with Crippen molar-refractivity contribution in [2.45, 2.75) is 32.7 Å². The molecule has 0 saturated carbocycles. The number of carbonyl (C=O) groups is 1. The van der Waals surface area contributed by atoms with Crippen molar-refractivity contribution in [1.82, 2.24) is 10.2 Å². The molecule has 2 N–H and O–H groups in total. The summed E-state index contributed by atoms with van der Waals surface area (Å²) in [6, 6.07) is 16.8. The number of carbonyl (C=O) groups excluding carboxylic acids is 1. The maximum absolute atomic E-state index is 11.7. The molecule has 138 valence electrons. The monoisotopic (exact) mass is 351 g/mol. The zero-order valence-electron chi connectivity index (χ0n) is 15.8. The number of hydrogen-bond donors (Lipinski definition) is 2. The van der Waals surface area contributed by atoms with Crippen LogP contribution in [0.3, 0.4) is 0 Å². The normalized spacial score (nSPS) is 17.7. The number of urea groups is 1. The van der Waals surface area contributed by atoms with Gasteiger partial charge in [-0.05, 0) is 55.8 Å². The van der Waals surface area contributed by atoms with Crippen molar-refractivity contribution >= 4 is 11.7 Å². The van der Waals surface area contributed by atoms with Crippen molar-refractivity contribution in [3.8, 4) is 0 Å². The summed E-state index contributed by atoms with van der Waals surface area (Å²) in [5.74, 6) is 0.700. The molecule has 0 aromatic heterocycles. The Morgan fingerprint density at radius 1 is 1.19 bits per heavy atom. The van der Waals surface area contributed by atoms with Crippen LogP contribution in [0.1, 0.15) is 29.5 Å². The third-order valence-corrected chi connectivity index (χ3v) is 5.10. The van der Waals surface area contributed by atoms with E-state index in [1.54, 1.807) is 7.05 Å². The van der Waals surface area contributed by atoms with Gasteiger partial charge in [-0.1, -0.05) is 48.0 Å². The molecular weight excluding hydrogens is 322 g/mol. The zero-order chi connectivity index (χ0) is 18.4. The fourth-order valence-corrected chi connectivity index (χ4v) is 3.81. The third kappa shape index (κ3) is 5.09. The number of nitrogens with zero attached hydrogens (tertiary/aromatic N) is 1. The standard InChI is InChI=1S/C22H29N3O/c1-17-10-11-21(24-22(26)23-2)20(13-17)16-25-12-6-9-19(15-25)14-18-7-4-3-5-8-18/h3-5,7-8,10-11,13,19H,6,9,12,14-16H2,1-2H3,(H2,23,24,26). The molecule has 1 atom stereocenters. The Balaban J connectivity index is 1.66. The number of likely N-dealkylation sites (tertiary alicyclic amines) is 1. The summed E-state index contributed by atoms with van der Waals surface area (Å²) in [6.45, 7) is 5.22. The SMILES string of the molecule is CNC(=O)Nc1ccc(C)cc1CN1CCCC(Cc2ccccc2)C1. The minimum absolute atomic E-state index is 0.171. The topological polar surface area (TPSA) is 44.4 Å². The Kier molecular flexibility index (Phi) is 6.29. The van der Waals surface area contributed by atoms with Gasteiger partial charge in [-0.2, -0.15) is 0 Å². The van der Waals surface area contributed by atoms with Crippen LogP contribution in [-0.4, -0.2) is 31.1 Å². The molecule has 0 spiro atoms. The van der Waals surface area contributed by atoms with Crippen molar-refractivity contribution in [3.63, 3.8) is 0 Å². The van der Waals surface area contributed by atoms with Gasteiger partial charge in [-0.3, -0.25) is 4.90 Å². The van der Waals surface area contributed by atoms with E-state index in [1.807, 2.05) is 12.1 Å². The summed E-state index contributed by atoms with van der Waals surface area (Å²) in [7, 11) is 1.64. The van der Waals surface area contributed by atoms with Crippen molar-refractivity contribution in [2.75, 3.05) is 25.5 Å². The molecule has 1 fully saturated rings. The molecule has 0 bridgehead atoms. The van der Waals surface area contributed by atoms with Crippen LogP contribution in [0.15, 0.2) is 48.5 Å². The number of hydrogen-bond acceptors (Lipinski definition) is 2. The minimum Gasteiger partial charge on any atom is -0.341 e. The molecule has 1 heterocycles. The van der Waals surface area contributed by atoms with Crippen LogP contribution >= 0.6 is 0 Å². The average molecular weight is 351 g/mol. The van der Waals surface area contributed by atoms with Crippen molar-refractivity contribution in [2.24, 2.45) is 5.92 Å². The first-order chi connectivity index (χ1) is 12.6. The Bertz CT molecular complexity index is 729. The molecule has 2 aromatic carbocycles. The molecule has 1 aliphatic rings. The van der Waals surface area contributed by atoms with E-state index in [2.05, 4.69) is 58.9 Å². The highest BCUT2D eigenvalue weighted by Crippen LogP contribution is 2.25. The second-order valence-electron chi connectivity index (χ2n) is 7.30. The van der Waals surface area contributed by atoms with E-state index < -0.39 is 0 Å². The zero-order valence-corrected chi connectivity index (χ0v) is 15.8. The Hall–Kier alpha value is -2.33. The van der Waals surface area contributed by atoms with Crippen LogP contribution < -0.4 is 10.6 Å². The van der Waals surface area contributed by atoms with E-state index in [0.29, 0.717) is 5.92 Å². The maximum atomic E-state index is 11.7. The van der Waals surface area contributed by atoms with Crippen molar-refractivity contribution < 1.29 is 4.79 Å². The second-order valence-corrected chi connectivity index (χ2v) is 7.30. The van der Waals surface area contributed by atoms with Crippen LogP contribution in [0.4, 0.5) is 10.5 Å². The fraction of sp³-hybridized carbons (Fsp3) is 0.409. The van der Waals surface area contributed by atoms with Crippen LogP contribution in [0.2, 0.25) is 0 Å². The van der Waals surface area contributed by atoms with Crippen molar-refractivity contribution in [1.29, 1.82) is 0 Å². The van der Waals surface area contributed by atoms with E-state index in [1.165, 1.54) is 29.5 Å². The molecular formula is C22H29N3O. The molecule has 26 heavy (non-hydrogen) atoms. The number of piperidine rings is 1. The number of nitrogens with one attached hydrogen (secondary N) is 2. The molecule has 4 nitrogen and oxygen atoms in total. The summed E-state index contributed by atoms with van der Waals surface area (Å²) in [5, 5.41) is 5.58. The van der Waals surface area contributed by atoms with E-state index >= 15 is 0 Å². The lowest BCUT2D eigenvalue weighted by Gasteiger charge is -2.33. The number of benzene rings is 2. The van der Waals surface area contributed by atoms with E-state index in [-0.39, 0.29) is 6.03 Å². The van der Waals surface area contributed by atoms with E-state index in [9.17, 15) is 4.79 Å². The lowest BCUT2D eigenvalue weighted by atomic mass is 9.91. The molecule has 0 radical (unpaired) electrons. The Morgan fingerprint density at radius 3 is 2.77 bits per heavy atom. The minimum atomic E-state index is -0.171. The smallest absolute Gasteiger partial charge is 0.318 e. The van der Waals surface area contributed by atoms with E-state index in [4.69, 9.17) is 0 Å². The maximum Gasteiger partial charge on any atom is 0.318 e. The predicted octanol–water partition coefficient (Wildman–Crippen LogP) is 4.20. The summed E-state index contributed by atoms with van der Waals surface area (Å²) in [6.07, 6.45) is 3.68. The van der Waals surface area contributed by atoms with Gasteiger partial charge in [0.25, 0.3) is 0 Å². The van der Waals surface area contributed by atoms with Gasteiger partial charge in [-0.25, -0.2) is 4.79 Å². The summed E-state index contributed by atoms with van der Waals surface area (Å²) in [5.41, 5.74) is 4.74. The first-order valence-corrected chi connectivity index (χ1v) is 9.48. The van der Waals surface area contributed by atoms with Crippen LogP contribution in [0, 0.1) is 12.8 Å². The van der Waals surface area contributed by atoms with Gasteiger partial charge in [0.2, 0.25) is 0 Å². The summed E-state index contributed by atoms with van der Waals surface area (Å²) >= 11 is 0. The quantitative estimate of drug-likeness (QED) is 0.848. The van der Waals surface area contributed by atoms with Gasteiger partial charge in [0.1, 0.15) is 0 Å². The van der Waals surface area contributed by atoms with Crippen LogP contribution in [-0.2, 0) is 13.0 Å². The first kappa shape index (κ1) is 18.5. The highest BCUT2D eigenvalue weighted by Gasteiger charge is 2.21. The summed E-state index contributed by atoms with van der Waals surface area (Å²) in [4.78, 5) is 14.3. The predicted molar refractivity (Wildman–Crippen MR) is 107 cm³/mol. The largest absolute Gasteiger partial charge is 0.341 e. The average Bonchev–Trinajstić information content (AvgIpc) is 2.65. The van der Waals surface area contributed by atoms with Gasteiger partial charge in [-0.15, -0.1) is 0 Å². The first-order valence-electron chi connectivity index (χ1n) is 9.48. The molecule has 2 aromatic rings. The second kappa shape index (κ2) is 8.86. The fourth-order valence-electron chi connectivity index (χ4n) is 3.81. The van der Waals surface area contributed by atoms with Gasteiger partial charge in [0.05, 0.1) is 0 Å². The molecule has 1 saturated heterocycles. The third-order valence-electron chi connectivity index (χ3n) is 5.10. The number of amides is 2.